The van der Waals surface area contributed by atoms with Crippen molar-refractivity contribution in [2.45, 2.75) is 6.54 Å². The lowest BCUT2D eigenvalue weighted by atomic mass is 10.4. The number of hydrogen-bond donors (Lipinski definition) is 2. The minimum atomic E-state index is -1.10. The standard InChI is InChI=1S/C8H11N5O4/c1-12(3-6(9)14)8(17)5-2-13(11-10-5)4-7(15)16/h2H,3-4H2,1H3,(H2,9,14)(H,15,16). The molecule has 1 aromatic heterocycles. The zero-order chi connectivity index (χ0) is 13.0. The maximum atomic E-state index is 11.6. The Labute approximate surface area is 95.8 Å². The van der Waals surface area contributed by atoms with Gasteiger partial charge < -0.3 is 15.7 Å². The zero-order valence-corrected chi connectivity index (χ0v) is 9.03. The molecule has 0 spiro atoms. The quantitative estimate of drug-likeness (QED) is 0.608. The van der Waals surface area contributed by atoms with Crippen molar-refractivity contribution in [2.75, 3.05) is 13.6 Å². The topological polar surface area (TPSA) is 131 Å². The van der Waals surface area contributed by atoms with Crippen molar-refractivity contribution in [3.63, 3.8) is 0 Å². The van der Waals surface area contributed by atoms with Crippen molar-refractivity contribution < 1.29 is 19.5 Å². The fourth-order valence-corrected chi connectivity index (χ4v) is 1.11. The summed E-state index contributed by atoms with van der Waals surface area (Å²) in [5, 5.41) is 15.5. The molecule has 1 rings (SSSR count). The number of hydrogen-bond acceptors (Lipinski definition) is 5. The number of aliphatic carboxylic acids is 1. The molecule has 0 aliphatic rings. The van der Waals surface area contributed by atoms with Crippen LogP contribution in [-0.2, 0) is 16.1 Å². The largest absolute Gasteiger partial charge is 0.480 e. The molecule has 0 radical (unpaired) electrons. The van der Waals surface area contributed by atoms with Crippen LogP contribution in [0.15, 0.2) is 6.20 Å². The second-order valence-corrected chi connectivity index (χ2v) is 3.32. The van der Waals surface area contributed by atoms with Crippen LogP contribution in [-0.4, -0.2) is 56.4 Å². The fraction of sp³-hybridized carbons (Fsp3) is 0.375. The van der Waals surface area contributed by atoms with Crippen molar-refractivity contribution in [1.82, 2.24) is 19.9 Å². The number of carbonyl (C=O) groups excluding carboxylic acids is 2. The van der Waals surface area contributed by atoms with Crippen LogP contribution in [0.4, 0.5) is 0 Å². The second kappa shape index (κ2) is 5.05. The Morgan fingerprint density at radius 1 is 1.53 bits per heavy atom. The van der Waals surface area contributed by atoms with Gasteiger partial charge in [0.1, 0.15) is 6.54 Å². The highest BCUT2D eigenvalue weighted by molar-refractivity contribution is 5.94. The fourth-order valence-electron chi connectivity index (χ4n) is 1.11. The third kappa shape index (κ3) is 3.55. The van der Waals surface area contributed by atoms with Crippen LogP contribution in [0.2, 0.25) is 0 Å². The van der Waals surface area contributed by atoms with Crippen molar-refractivity contribution in [1.29, 1.82) is 0 Å². The van der Waals surface area contributed by atoms with Gasteiger partial charge in [-0.1, -0.05) is 5.21 Å². The van der Waals surface area contributed by atoms with Gasteiger partial charge in [-0.15, -0.1) is 5.10 Å². The molecular formula is C8H11N5O4. The molecule has 0 aliphatic heterocycles. The summed E-state index contributed by atoms with van der Waals surface area (Å²) < 4.78 is 1.01. The Morgan fingerprint density at radius 3 is 2.71 bits per heavy atom. The summed E-state index contributed by atoms with van der Waals surface area (Å²) in [7, 11) is 1.38. The molecule has 9 nitrogen and oxygen atoms in total. The Balaban J connectivity index is 2.72. The molecule has 0 bridgehead atoms. The first-order chi connectivity index (χ1) is 7.90. The monoisotopic (exact) mass is 241 g/mol. The minimum Gasteiger partial charge on any atom is -0.480 e. The number of primary amides is 1. The van der Waals surface area contributed by atoms with Gasteiger partial charge in [-0.3, -0.25) is 14.4 Å². The number of nitrogens with two attached hydrogens (primary N) is 1. The number of carbonyl (C=O) groups is 3. The van der Waals surface area contributed by atoms with E-state index in [0.717, 1.165) is 9.58 Å². The summed E-state index contributed by atoms with van der Waals surface area (Å²) in [6, 6.07) is 0. The first kappa shape index (κ1) is 12.6. The number of carboxylic acids is 1. The highest BCUT2D eigenvalue weighted by Gasteiger charge is 2.17. The summed E-state index contributed by atoms with van der Waals surface area (Å²) in [4.78, 5) is 33.7. The molecule has 0 atom stereocenters. The Hall–Kier alpha value is -2.45. The number of aromatic nitrogens is 3. The van der Waals surface area contributed by atoms with Gasteiger partial charge in [-0.05, 0) is 0 Å². The molecule has 2 amide bonds. The number of nitrogens with zero attached hydrogens (tertiary/aromatic N) is 4. The maximum Gasteiger partial charge on any atom is 0.325 e. The number of amides is 2. The number of rotatable bonds is 5. The normalized spacial score (nSPS) is 9.94. The van der Waals surface area contributed by atoms with Crippen LogP contribution in [0.5, 0.6) is 0 Å². The Morgan fingerprint density at radius 2 is 2.18 bits per heavy atom. The van der Waals surface area contributed by atoms with Gasteiger partial charge in [-0.2, -0.15) is 0 Å². The van der Waals surface area contributed by atoms with Crippen LogP contribution in [0.25, 0.3) is 0 Å². The van der Waals surface area contributed by atoms with Crippen LogP contribution in [0, 0.1) is 0 Å². The van der Waals surface area contributed by atoms with Gasteiger partial charge in [0.15, 0.2) is 5.69 Å². The summed E-state index contributed by atoms with van der Waals surface area (Å²) in [6.45, 7) is -0.634. The van der Waals surface area contributed by atoms with Crippen LogP contribution in [0.1, 0.15) is 10.5 Å². The van der Waals surface area contributed by atoms with Crippen LogP contribution in [0.3, 0.4) is 0 Å². The van der Waals surface area contributed by atoms with E-state index in [9.17, 15) is 14.4 Å². The third-order valence-corrected chi connectivity index (χ3v) is 1.79. The van der Waals surface area contributed by atoms with E-state index in [2.05, 4.69) is 10.3 Å². The SMILES string of the molecule is CN(CC(N)=O)C(=O)c1cn(CC(=O)O)nn1. The van der Waals surface area contributed by atoms with Gasteiger partial charge in [0, 0.05) is 7.05 Å². The second-order valence-electron chi connectivity index (χ2n) is 3.32. The minimum absolute atomic E-state index is 0.0463. The average Bonchev–Trinajstić information content (AvgIpc) is 2.62. The lowest BCUT2D eigenvalue weighted by molar-refractivity contribution is -0.137. The molecule has 92 valence electrons. The highest BCUT2D eigenvalue weighted by Crippen LogP contribution is 1.98. The molecule has 0 saturated heterocycles. The van der Waals surface area contributed by atoms with Crippen molar-refractivity contribution in [3.05, 3.63) is 11.9 Å². The first-order valence-electron chi connectivity index (χ1n) is 4.56. The van der Waals surface area contributed by atoms with Gasteiger partial charge in [0.25, 0.3) is 5.91 Å². The summed E-state index contributed by atoms with van der Waals surface area (Å²) >= 11 is 0. The highest BCUT2D eigenvalue weighted by atomic mass is 16.4. The predicted molar refractivity (Wildman–Crippen MR) is 53.8 cm³/mol. The van der Waals surface area contributed by atoms with Crippen LogP contribution < -0.4 is 5.73 Å². The average molecular weight is 241 g/mol. The molecule has 0 unspecified atom stereocenters. The number of likely N-dealkylation sites (N-methyl/N-ethyl adjacent to an activating group) is 1. The van der Waals surface area contributed by atoms with Gasteiger partial charge in [0.2, 0.25) is 5.91 Å². The third-order valence-electron chi connectivity index (χ3n) is 1.79. The van der Waals surface area contributed by atoms with Crippen LogP contribution >= 0.6 is 0 Å². The molecule has 3 N–H and O–H groups in total. The van der Waals surface area contributed by atoms with E-state index in [-0.39, 0.29) is 18.8 Å². The summed E-state index contributed by atoms with van der Waals surface area (Å²) in [5.74, 6) is -2.31. The molecule has 0 saturated carbocycles. The lowest BCUT2D eigenvalue weighted by Crippen LogP contribution is -2.35. The molecule has 0 aliphatic carbocycles. The van der Waals surface area contributed by atoms with Gasteiger partial charge in [-0.25, -0.2) is 4.68 Å². The van der Waals surface area contributed by atoms with E-state index in [4.69, 9.17) is 10.8 Å². The molecule has 0 aromatic carbocycles. The number of carboxylic acid groups (broad SMARTS) is 1. The Kier molecular flexibility index (Phi) is 3.75. The van der Waals surface area contributed by atoms with Gasteiger partial charge in [0.05, 0.1) is 12.7 Å². The van der Waals surface area contributed by atoms with Gasteiger partial charge >= 0.3 is 5.97 Å². The molecule has 1 heterocycles. The molecule has 17 heavy (non-hydrogen) atoms. The summed E-state index contributed by atoms with van der Waals surface area (Å²) in [5.41, 5.74) is 4.88. The van der Waals surface area contributed by atoms with E-state index < -0.39 is 17.8 Å². The smallest absolute Gasteiger partial charge is 0.325 e. The van der Waals surface area contributed by atoms with E-state index in [1.54, 1.807) is 0 Å². The van der Waals surface area contributed by atoms with E-state index in [0.29, 0.717) is 0 Å². The van der Waals surface area contributed by atoms with E-state index in [1.807, 2.05) is 0 Å². The Bertz CT molecular complexity index is 455. The predicted octanol–water partition coefficient (Wildman–Crippen LogP) is -2.08. The van der Waals surface area contributed by atoms with E-state index >= 15 is 0 Å². The first-order valence-corrected chi connectivity index (χ1v) is 4.56. The lowest BCUT2D eigenvalue weighted by Gasteiger charge is -2.12. The van der Waals surface area contributed by atoms with E-state index in [1.165, 1.54) is 13.2 Å². The maximum absolute atomic E-state index is 11.6. The summed E-state index contributed by atoms with van der Waals surface area (Å²) in [6.07, 6.45) is 1.19. The molecular weight excluding hydrogens is 230 g/mol. The molecule has 9 heteroatoms. The zero-order valence-electron chi connectivity index (χ0n) is 9.03. The van der Waals surface area contributed by atoms with Crippen molar-refractivity contribution in [2.24, 2.45) is 5.73 Å². The molecule has 0 fully saturated rings. The van der Waals surface area contributed by atoms with Crippen molar-refractivity contribution in [3.8, 4) is 0 Å². The van der Waals surface area contributed by atoms with Crippen molar-refractivity contribution >= 4 is 17.8 Å². The molecule has 1 aromatic rings.